The molecule has 0 saturated carbocycles. The van der Waals surface area contributed by atoms with Crippen molar-refractivity contribution in [1.82, 2.24) is 9.97 Å². The monoisotopic (exact) mass is 211 g/mol. The molecule has 4 nitrogen and oxygen atoms in total. The molecule has 0 atom stereocenters. The number of hydrogen-bond acceptors (Lipinski definition) is 3. The van der Waals surface area contributed by atoms with Crippen LogP contribution < -0.4 is 0 Å². The SMILES string of the molecule is CO/N=C/c1cc2ccncc2[nH]1.Cl. The van der Waals surface area contributed by atoms with Gasteiger partial charge in [0.15, 0.2) is 0 Å². The minimum absolute atomic E-state index is 0. The van der Waals surface area contributed by atoms with Gasteiger partial charge in [0.05, 0.1) is 23.6 Å². The number of hydrogen-bond donors (Lipinski definition) is 1. The Morgan fingerprint density at radius 2 is 2.43 bits per heavy atom. The Morgan fingerprint density at radius 1 is 1.57 bits per heavy atom. The van der Waals surface area contributed by atoms with Gasteiger partial charge in [-0.25, -0.2) is 0 Å². The van der Waals surface area contributed by atoms with Crippen molar-refractivity contribution in [2.45, 2.75) is 0 Å². The number of nitrogens with one attached hydrogen (secondary N) is 1. The van der Waals surface area contributed by atoms with Gasteiger partial charge in [0.25, 0.3) is 0 Å². The van der Waals surface area contributed by atoms with Crippen LogP contribution in [0.5, 0.6) is 0 Å². The van der Waals surface area contributed by atoms with Crippen LogP contribution in [0.1, 0.15) is 5.69 Å². The van der Waals surface area contributed by atoms with E-state index in [2.05, 4.69) is 20.0 Å². The zero-order valence-electron chi connectivity index (χ0n) is 7.60. The van der Waals surface area contributed by atoms with Gasteiger partial charge in [0.2, 0.25) is 0 Å². The molecule has 0 amide bonds. The predicted octanol–water partition coefficient (Wildman–Crippen LogP) is 1.96. The Balaban J connectivity index is 0.000000980. The average Bonchev–Trinajstić information content (AvgIpc) is 2.57. The van der Waals surface area contributed by atoms with Crippen molar-refractivity contribution < 1.29 is 4.84 Å². The second kappa shape index (κ2) is 4.62. The van der Waals surface area contributed by atoms with E-state index in [-0.39, 0.29) is 12.4 Å². The Hall–Kier alpha value is -1.55. The van der Waals surface area contributed by atoms with Crippen LogP contribution in [0.2, 0.25) is 0 Å². The molecule has 0 fully saturated rings. The normalized spacial score (nSPS) is 10.4. The summed E-state index contributed by atoms with van der Waals surface area (Å²) in [5, 5.41) is 4.78. The quantitative estimate of drug-likeness (QED) is 0.610. The fraction of sp³-hybridized carbons (Fsp3) is 0.111. The second-order valence-corrected chi connectivity index (χ2v) is 2.60. The minimum atomic E-state index is 0. The van der Waals surface area contributed by atoms with E-state index in [9.17, 15) is 0 Å². The van der Waals surface area contributed by atoms with E-state index in [1.807, 2.05) is 12.1 Å². The standard InChI is InChI=1S/C9H9N3O.ClH/c1-13-11-5-8-4-7-2-3-10-6-9(7)12-8;/h2-6,12H,1H3;1H/b11-5+;. The summed E-state index contributed by atoms with van der Waals surface area (Å²) in [5.41, 5.74) is 1.91. The first-order valence-corrected chi connectivity index (χ1v) is 3.89. The molecule has 2 rings (SSSR count). The molecular formula is C9H10ClN3O. The van der Waals surface area contributed by atoms with Crippen LogP contribution in [-0.4, -0.2) is 23.3 Å². The lowest BCUT2D eigenvalue weighted by Gasteiger charge is -1.84. The van der Waals surface area contributed by atoms with Gasteiger partial charge in [-0.2, -0.15) is 0 Å². The molecule has 0 spiro atoms. The maximum atomic E-state index is 4.58. The van der Waals surface area contributed by atoms with Crippen molar-refractivity contribution in [3.8, 4) is 0 Å². The Kier molecular flexibility index (Phi) is 3.48. The number of fused-ring (bicyclic) bond motifs is 1. The summed E-state index contributed by atoms with van der Waals surface area (Å²) in [5.74, 6) is 0. The van der Waals surface area contributed by atoms with Gasteiger partial charge in [-0.1, -0.05) is 5.16 Å². The van der Waals surface area contributed by atoms with Crippen LogP contribution in [0.4, 0.5) is 0 Å². The molecule has 0 aliphatic carbocycles. The van der Waals surface area contributed by atoms with E-state index in [1.54, 1.807) is 18.6 Å². The molecule has 2 heterocycles. The number of oxime groups is 1. The summed E-state index contributed by atoms with van der Waals surface area (Å²) in [6.45, 7) is 0. The van der Waals surface area contributed by atoms with Gasteiger partial charge < -0.3 is 9.82 Å². The molecule has 0 aliphatic rings. The summed E-state index contributed by atoms with van der Waals surface area (Å²) in [6, 6.07) is 3.93. The predicted molar refractivity (Wildman–Crippen MR) is 57.9 cm³/mol. The molecular weight excluding hydrogens is 202 g/mol. The van der Waals surface area contributed by atoms with E-state index in [1.165, 1.54) is 7.11 Å². The maximum Gasteiger partial charge on any atom is 0.106 e. The van der Waals surface area contributed by atoms with Gasteiger partial charge in [-0.05, 0) is 12.1 Å². The largest absolute Gasteiger partial charge is 0.399 e. The molecule has 74 valence electrons. The first kappa shape index (κ1) is 10.5. The molecule has 0 unspecified atom stereocenters. The lowest BCUT2D eigenvalue weighted by atomic mass is 10.3. The molecule has 0 saturated heterocycles. The van der Waals surface area contributed by atoms with E-state index in [0.29, 0.717) is 0 Å². The third-order valence-electron chi connectivity index (χ3n) is 1.74. The number of pyridine rings is 1. The molecule has 0 aromatic carbocycles. The van der Waals surface area contributed by atoms with Crippen LogP contribution in [0, 0.1) is 0 Å². The molecule has 0 bridgehead atoms. The van der Waals surface area contributed by atoms with Crippen LogP contribution in [0.3, 0.4) is 0 Å². The van der Waals surface area contributed by atoms with Gasteiger partial charge in [-0.3, -0.25) is 4.98 Å². The number of aromatic amines is 1. The van der Waals surface area contributed by atoms with Crippen LogP contribution >= 0.6 is 12.4 Å². The summed E-state index contributed by atoms with van der Waals surface area (Å²) in [7, 11) is 1.51. The zero-order valence-corrected chi connectivity index (χ0v) is 8.41. The summed E-state index contributed by atoms with van der Waals surface area (Å²) in [6.07, 6.45) is 5.16. The highest BCUT2D eigenvalue weighted by atomic mass is 35.5. The molecule has 14 heavy (non-hydrogen) atoms. The molecule has 0 radical (unpaired) electrons. The fourth-order valence-electron chi connectivity index (χ4n) is 1.17. The number of aromatic nitrogens is 2. The average molecular weight is 212 g/mol. The van der Waals surface area contributed by atoms with E-state index in [4.69, 9.17) is 0 Å². The van der Waals surface area contributed by atoms with Crippen molar-refractivity contribution in [2.75, 3.05) is 7.11 Å². The minimum Gasteiger partial charge on any atom is -0.399 e. The van der Waals surface area contributed by atoms with E-state index < -0.39 is 0 Å². The molecule has 2 aromatic heterocycles. The number of rotatable bonds is 2. The third kappa shape index (κ3) is 2.03. The summed E-state index contributed by atoms with van der Waals surface area (Å²) >= 11 is 0. The van der Waals surface area contributed by atoms with Gasteiger partial charge in [-0.15, -0.1) is 12.4 Å². The lowest BCUT2D eigenvalue weighted by molar-refractivity contribution is 0.215. The number of nitrogens with zero attached hydrogens (tertiary/aromatic N) is 2. The highest BCUT2D eigenvalue weighted by Gasteiger charge is 1.96. The Bertz CT molecular complexity index is 405. The van der Waals surface area contributed by atoms with E-state index >= 15 is 0 Å². The van der Waals surface area contributed by atoms with Gasteiger partial charge >= 0.3 is 0 Å². The molecule has 2 aromatic rings. The maximum absolute atomic E-state index is 4.58. The molecule has 0 aliphatic heterocycles. The first-order valence-electron chi connectivity index (χ1n) is 3.89. The second-order valence-electron chi connectivity index (χ2n) is 2.60. The fourth-order valence-corrected chi connectivity index (χ4v) is 1.17. The van der Waals surface area contributed by atoms with Gasteiger partial charge in [0, 0.05) is 11.6 Å². The highest BCUT2D eigenvalue weighted by Crippen LogP contribution is 2.11. The van der Waals surface area contributed by atoms with Crippen molar-refractivity contribution in [3.63, 3.8) is 0 Å². The summed E-state index contributed by atoms with van der Waals surface area (Å²) < 4.78 is 0. The smallest absolute Gasteiger partial charge is 0.106 e. The third-order valence-corrected chi connectivity index (χ3v) is 1.74. The lowest BCUT2D eigenvalue weighted by Crippen LogP contribution is -1.79. The summed E-state index contributed by atoms with van der Waals surface area (Å²) in [4.78, 5) is 11.7. The van der Waals surface area contributed by atoms with Crippen LogP contribution in [0.25, 0.3) is 10.9 Å². The van der Waals surface area contributed by atoms with Crippen LogP contribution in [-0.2, 0) is 4.84 Å². The Labute approximate surface area is 87.4 Å². The Morgan fingerprint density at radius 3 is 3.14 bits per heavy atom. The van der Waals surface area contributed by atoms with Crippen molar-refractivity contribution in [3.05, 3.63) is 30.2 Å². The van der Waals surface area contributed by atoms with E-state index in [0.717, 1.165) is 16.6 Å². The highest BCUT2D eigenvalue weighted by molar-refractivity contribution is 5.88. The van der Waals surface area contributed by atoms with Crippen LogP contribution in [0.15, 0.2) is 29.7 Å². The first-order chi connectivity index (χ1) is 6.40. The van der Waals surface area contributed by atoms with Crippen molar-refractivity contribution >= 4 is 29.5 Å². The number of halogens is 1. The number of H-pyrrole nitrogens is 1. The van der Waals surface area contributed by atoms with Crippen molar-refractivity contribution in [2.24, 2.45) is 5.16 Å². The van der Waals surface area contributed by atoms with Gasteiger partial charge in [0.1, 0.15) is 7.11 Å². The van der Waals surface area contributed by atoms with Crippen molar-refractivity contribution in [1.29, 1.82) is 0 Å². The topological polar surface area (TPSA) is 50.3 Å². The molecule has 1 N–H and O–H groups in total. The zero-order chi connectivity index (χ0) is 9.10. The molecule has 5 heteroatoms.